The molecule has 5 heteroatoms. The third-order valence-electron chi connectivity index (χ3n) is 2.49. The molecule has 0 amide bonds. The van der Waals surface area contributed by atoms with Gasteiger partial charge in [-0.3, -0.25) is 4.98 Å². The second-order valence-corrected chi connectivity index (χ2v) is 4.75. The molecule has 0 radical (unpaired) electrons. The van der Waals surface area contributed by atoms with Crippen molar-refractivity contribution < 1.29 is 0 Å². The highest BCUT2D eigenvalue weighted by Gasteiger charge is 2.08. The van der Waals surface area contributed by atoms with Gasteiger partial charge in [-0.1, -0.05) is 29.3 Å². The molecule has 2 nitrogen and oxygen atoms in total. The average Bonchev–Trinajstić information content (AvgIpc) is 2.28. The summed E-state index contributed by atoms with van der Waals surface area (Å²) in [4.78, 5) is 4.05. The van der Waals surface area contributed by atoms with Crippen LogP contribution in [0.2, 0.25) is 10.0 Å². The first-order chi connectivity index (χ1) is 8.15. The van der Waals surface area contributed by atoms with E-state index in [9.17, 15) is 0 Å². The van der Waals surface area contributed by atoms with E-state index >= 15 is 0 Å². The predicted octanol–water partition coefficient (Wildman–Crippen LogP) is 4.05. The van der Waals surface area contributed by atoms with Crippen molar-refractivity contribution in [2.24, 2.45) is 5.73 Å². The summed E-state index contributed by atoms with van der Waals surface area (Å²) in [5.74, 6) is 0. The summed E-state index contributed by atoms with van der Waals surface area (Å²) in [7, 11) is 0. The monoisotopic (exact) mass is 302 g/mol. The highest BCUT2D eigenvalue weighted by molar-refractivity contribution is 6.34. The number of nitrogens with two attached hydrogens (primary N) is 1. The van der Waals surface area contributed by atoms with Crippen molar-refractivity contribution in [3.05, 3.63) is 63.9 Å². The Hall–Kier alpha value is -0.800. The summed E-state index contributed by atoms with van der Waals surface area (Å²) in [6, 6.07) is 9.21. The van der Waals surface area contributed by atoms with Gasteiger partial charge in [0.1, 0.15) is 0 Å². The Morgan fingerprint density at radius 1 is 1.17 bits per heavy atom. The van der Waals surface area contributed by atoms with Gasteiger partial charge in [-0.05, 0) is 41.8 Å². The van der Waals surface area contributed by atoms with Crippen molar-refractivity contribution in [1.29, 1.82) is 0 Å². The Kier molecular flexibility index (Phi) is 5.89. The number of hydrogen-bond acceptors (Lipinski definition) is 2. The van der Waals surface area contributed by atoms with Gasteiger partial charge in [0.05, 0.1) is 0 Å². The fraction of sp³-hybridized carbons (Fsp3) is 0.154. The fourth-order valence-corrected chi connectivity index (χ4v) is 2.27. The lowest BCUT2D eigenvalue weighted by molar-refractivity contribution is 0.718. The lowest BCUT2D eigenvalue weighted by atomic mass is 10.0. The molecule has 0 spiro atoms. The van der Waals surface area contributed by atoms with Gasteiger partial charge < -0.3 is 5.73 Å². The van der Waals surface area contributed by atoms with Crippen LogP contribution in [-0.2, 0) is 6.42 Å². The van der Waals surface area contributed by atoms with Crippen LogP contribution in [0.15, 0.2) is 42.7 Å². The third kappa shape index (κ3) is 4.14. The molecule has 0 bridgehead atoms. The summed E-state index contributed by atoms with van der Waals surface area (Å²) in [5.41, 5.74) is 8.13. The molecule has 2 rings (SSSR count). The van der Waals surface area contributed by atoms with Crippen LogP contribution in [0.1, 0.15) is 17.2 Å². The molecule has 0 saturated heterocycles. The molecule has 96 valence electrons. The Morgan fingerprint density at radius 3 is 2.39 bits per heavy atom. The van der Waals surface area contributed by atoms with Gasteiger partial charge in [-0.2, -0.15) is 0 Å². The molecule has 0 saturated carbocycles. The van der Waals surface area contributed by atoms with E-state index in [0.29, 0.717) is 16.5 Å². The summed E-state index contributed by atoms with van der Waals surface area (Å²) in [6.07, 6.45) is 4.19. The number of hydrogen-bond donors (Lipinski definition) is 1. The Bertz CT molecular complexity index is 483. The van der Waals surface area contributed by atoms with Gasteiger partial charge in [-0.15, -0.1) is 12.4 Å². The van der Waals surface area contributed by atoms with E-state index in [1.807, 2.05) is 24.3 Å². The SMILES string of the molecule is Cl.NC(Cc1cc(Cl)cc(Cl)c1)c1cccnc1. The van der Waals surface area contributed by atoms with E-state index in [1.54, 1.807) is 18.5 Å². The standard InChI is InChI=1S/C13H12Cl2N2.ClH/c14-11-4-9(5-12(15)7-11)6-13(16)10-2-1-3-17-8-10;/h1-5,7-8,13H,6,16H2;1H. The zero-order chi connectivity index (χ0) is 12.3. The zero-order valence-corrected chi connectivity index (χ0v) is 11.8. The molecule has 1 atom stereocenters. The maximum absolute atomic E-state index is 6.10. The summed E-state index contributed by atoms with van der Waals surface area (Å²) < 4.78 is 0. The molecule has 18 heavy (non-hydrogen) atoms. The first kappa shape index (κ1) is 15.3. The minimum absolute atomic E-state index is 0. The Labute approximate surface area is 123 Å². The molecular weight excluding hydrogens is 291 g/mol. The quantitative estimate of drug-likeness (QED) is 0.929. The van der Waals surface area contributed by atoms with Crippen LogP contribution in [0.5, 0.6) is 0 Å². The van der Waals surface area contributed by atoms with Gasteiger partial charge in [0.25, 0.3) is 0 Å². The molecule has 0 aliphatic heterocycles. The van der Waals surface area contributed by atoms with Gasteiger partial charge in [0.15, 0.2) is 0 Å². The van der Waals surface area contributed by atoms with E-state index in [1.165, 1.54) is 0 Å². The molecule has 0 aliphatic carbocycles. The van der Waals surface area contributed by atoms with Crippen molar-refractivity contribution in [2.45, 2.75) is 12.5 Å². The van der Waals surface area contributed by atoms with E-state index in [2.05, 4.69) is 4.98 Å². The molecule has 1 aromatic carbocycles. The van der Waals surface area contributed by atoms with Crippen LogP contribution >= 0.6 is 35.6 Å². The van der Waals surface area contributed by atoms with Crippen molar-refractivity contribution in [3.63, 3.8) is 0 Å². The van der Waals surface area contributed by atoms with E-state index < -0.39 is 0 Å². The molecule has 2 aromatic rings. The topological polar surface area (TPSA) is 38.9 Å². The van der Waals surface area contributed by atoms with Crippen LogP contribution < -0.4 is 5.73 Å². The van der Waals surface area contributed by atoms with Crippen LogP contribution in [0.4, 0.5) is 0 Å². The van der Waals surface area contributed by atoms with Crippen LogP contribution in [0, 0.1) is 0 Å². The first-order valence-corrected chi connectivity index (χ1v) is 6.01. The van der Waals surface area contributed by atoms with Crippen LogP contribution in [0.3, 0.4) is 0 Å². The molecule has 0 fully saturated rings. The largest absolute Gasteiger partial charge is 0.324 e. The van der Waals surface area contributed by atoms with Gasteiger partial charge in [0.2, 0.25) is 0 Å². The minimum atomic E-state index is -0.0989. The van der Waals surface area contributed by atoms with Crippen LogP contribution in [-0.4, -0.2) is 4.98 Å². The molecule has 0 aliphatic rings. The highest BCUT2D eigenvalue weighted by atomic mass is 35.5. The molecule has 2 N–H and O–H groups in total. The number of pyridine rings is 1. The van der Waals surface area contributed by atoms with Crippen molar-refractivity contribution in [2.75, 3.05) is 0 Å². The second-order valence-electron chi connectivity index (χ2n) is 3.87. The minimum Gasteiger partial charge on any atom is -0.324 e. The van der Waals surface area contributed by atoms with E-state index in [4.69, 9.17) is 28.9 Å². The lowest BCUT2D eigenvalue weighted by Crippen LogP contribution is -2.13. The number of halogens is 3. The Balaban J connectivity index is 0.00000162. The third-order valence-corrected chi connectivity index (χ3v) is 2.93. The summed E-state index contributed by atoms with van der Waals surface area (Å²) in [6.45, 7) is 0. The Morgan fingerprint density at radius 2 is 1.83 bits per heavy atom. The zero-order valence-electron chi connectivity index (χ0n) is 9.51. The molecule has 1 aromatic heterocycles. The van der Waals surface area contributed by atoms with Gasteiger partial charge in [0, 0.05) is 28.5 Å². The number of benzene rings is 1. The first-order valence-electron chi connectivity index (χ1n) is 5.25. The molecule has 1 unspecified atom stereocenters. The van der Waals surface area contributed by atoms with Crippen molar-refractivity contribution in [3.8, 4) is 0 Å². The van der Waals surface area contributed by atoms with Gasteiger partial charge >= 0.3 is 0 Å². The maximum Gasteiger partial charge on any atom is 0.0423 e. The fourth-order valence-electron chi connectivity index (χ4n) is 1.70. The van der Waals surface area contributed by atoms with Crippen LogP contribution in [0.25, 0.3) is 0 Å². The van der Waals surface area contributed by atoms with E-state index in [0.717, 1.165) is 11.1 Å². The van der Waals surface area contributed by atoms with E-state index in [-0.39, 0.29) is 18.4 Å². The molecular formula is C13H13Cl3N2. The lowest BCUT2D eigenvalue weighted by Gasteiger charge is -2.12. The number of aromatic nitrogens is 1. The van der Waals surface area contributed by atoms with Crippen molar-refractivity contribution in [1.82, 2.24) is 4.98 Å². The second kappa shape index (κ2) is 6.95. The summed E-state index contributed by atoms with van der Waals surface area (Å²) >= 11 is 11.9. The van der Waals surface area contributed by atoms with Gasteiger partial charge in [-0.25, -0.2) is 0 Å². The highest BCUT2D eigenvalue weighted by Crippen LogP contribution is 2.22. The summed E-state index contributed by atoms with van der Waals surface area (Å²) in [5, 5.41) is 1.26. The number of rotatable bonds is 3. The predicted molar refractivity (Wildman–Crippen MR) is 78.6 cm³/mol. The maximum atomic E-state index is 6.10. The average molecular weight is 304 g/mol. The number of nitrogens with zero attached hydrogens (tertiary/aromatic N) is 1. The smallest absolute Gasteiger partial charge is 0.0423 e. The van der Waals surface area contributed by atoms with Crippen molar-refractivity contribution >= 4 is 35.6 Å². The molecule has 1 heterocycles. The normalized spacial score (nSPS) is 11.7.